The van der Waals surface area contributed by atoms with Gasteiger partial charge < -0.3 is 35.5 Å². The van der Waals surface area contributed by atoms with Crippen LogP contribution in [0.3, 0.4) is 0 Å². The van der Waals surface area contributed by atoms with Crippen LogP contribution in [0, 0.1) is 23.7 Å². The molecule has 0 unspecified atom stereocenters. The number of urea groups is 1. The Morgan fingerprint density at radius 2 is 1.54 bits per heavy atom. The second-order valence-corrected chi connectivity index (χ2v) is 17.5. The molecule has 65 heavy (non-hydrogen) atoms. The highest BCUT2D eigenvalue weighted by Crippen LogP contribution is 2.66. The van der Waals surface area contributed by atoms with Gasteiger partial charge in [-0.25, -0.2) is 14.5 Å². The van der Waals surface area contributed by atoms with Gasteiger partial charge in [-0.2, -0.15) is 0 Å². The first-order valence-corrected chi connectivity index (χ1v) is 22.2. The number of hydrogen-bond acceptors (Lipinski definition) is 11. The fraction of sp³-hybridized carbons (Fsp3) is 0.392. The second kappa shape index (κ2) is 18.5. The van der Waals surface area contributed by atoms with Gasteiger partial charge >= 0.3 is 18.0 Å². The van der Waals surface area contributed by atoms with Gasteiger partial charge in [0.15, 0.2) is 0 Å². The number of esters is 2. The van der Waals surface area contributed by atoms with E-state index < -0.39 is 82.9 Å². The Hall–Kier alpha value is -6.53. The number of rotatable bonds is 10. The van der Waals surface area contributed by atoms with Crippen LogP contribution in [-0.2, 0) is 34.1 Å². The summed E-state index contributed by atoms with van der Waals surface area (Å²) in [5.74, 6) is 0.869. The van der Waals surface area contributed by atoms with E-state index in [0.29, 0.717) is 35.1 Å². The molecule has 1 aliphatic carbocycles. The van der Waals surface area contributed by atoms with Crippen LogP contribution < -0.4 is 20.7 Å². The van der Waals surface area contributed by atoms with Crippen molar-refractivity contribution in [3.63, 3.8) is 0 Å². The SMILES string of the molecule is COC(=O)[C@@H](NC(=O)N1C(=O)[C@@]2(c3cc(C#CC4(O)CCCCCC4)ccc31)[C@H](c1ccccc1OCCO)N1[C@H](c3ccccc3)[C@H](c3ccccc3)OC(=O)[C@H]1[C@@H]2C(N)=O)C(C)C. The van der Waals surface area contributed by atoms with Gasteiger partial charge in [0.1, 0.15) is 41.6 Å². The lowest BCUT2D eigenvalue weighted by atomic mass is 9.65. The smallest absolute Gasteiger partial charge is 0.329 e. The average Bonchev–Trinajstić information content (AvgIpc) is 3.65. The number of nitrogens with zero attached hydrogens (tertiary/aromatic N) is 2. The number of carbonyl (C=O) groups excluding carboxylic acids is 5. The first kappa shape index (κ1) is 45.1. The zero-order valence-electron chi connectivity index (χ0n) is 36.6. The number of fused-ring (bicyclic) bond motifs is 3. The maximum atomic E-state index is 16.3. The van der Waals surface area contributed by atoms with Crippen molar-refractivity contribution in [2.24, 2.45) is 17.6 Å². The number of morpholine rings is 1. The van der Waals surface area contributed by atoms with Gasteiger partial charge in [-0.15, -0.1) is 0 Å². The summed E-state index contributed by atoms with van der Waals surface area (Å²) in [6, 6.07) is 24.3. The number of primary amides is 1. The number of cyclic esters (lactones) is 1. The van der Waals surface area contributed by atoms with Crippen molar-refractivity contribution in [1.29, 1.82) is 0 Å². The Morgan fingerprint density at radius 1 is 0.892 bits per heavy atom. The summed E-state index contributed by atoms with van der Waals surface area (Å²) in [5.41, 5.74) is 5.36. The van der Waals surface area contributed by atoms with Crippen molar-refractivity contribution in [3.05, 3.63) is 131 Å². The highest BCUT2D eigenvalue weighted by atomic mass is 16.6. The molecule has 338 valence electrons. The monoisotopic (exact) mass is 882 g/mol. The third-order valence-corrected chi connectivity index (χ3v) is 13.3. The molecule has 3 heterocycles. The maximum Gasteiger partial charge on any atom is 0.329 e. The standard InChI is InChI=1S/C51H54N4O10/c1-31(2)40(46(58)63-3)53-49(61)54-37-23-22-32(24-27-50(62)25-14-4-5-15-26-50)30-36(37)51(48(54)60)39(45(52)57)42-47(59)65-43(34-18-10-7-11-19-34)41(33-16-8-6-9-17-33)55(42)44(51)35-20-12-13-21-38(35)64-29-28-56/h6-13,16-23,30-31,39-44,56,62H,4-5,14-15,25-26,28-29H2,1-3H3,(H2,52,57)(H,53,61)/t39-,40+,41-,42-,43+,44+,51-/m1/s1. The third-order valence-electron chi connectivity index (χ3n) is 13.3. The van der Waals surface area contributed by atoms with E-state index in [1.807, 2.05) is 65.6 Å². The van der Waals surface area contributed by atoms with E-state index in [0.717, 1.165) is 30.6 Å². The summed E-state index contributed by atoms with van der Waals surface area (Å²) in [4.78, 5) is 76.7. The van der Waals surface area contributed by atoms with Crippen LogP contribution in [0.4, 0.5) is 10.5 Å². The quantitative estimate of drug-likeness (QED) is 0.0885. The normalized spacial score (nSPS) is 25.1. The average molecular weight is 883 g/mol. The molecule has 2 saturated heterocycles. The van der Waals surface area contributed by atoms with Crippen molar-refractivity contribution in [2.45, 2.75) is 93.7 Å². The Labute approximate surface area is 378 Å². The molecular formula is C51H54N4O10. The number of benzene rings is 4. The highest BCUT2D eigenvalue weighted by Gasteiger charge is 2.75. The van der Waals surface area contributed by atoms with Crippen LogP contribution in [0.15, 0.2) is 103 Å². The zero-order chi connectivity index (χ0) is 46.0. The number of hydrogen-bond donors (Lipinski definition) is 4. The largest absolute Gasteiger partial charge is 0.491 e. The number of aliphatic hydroxyl groups excluding tert-OH is 1. The topological polar surface area (TPSA) is 198 Å². The Balaban J connectivity index is 1.45. The Morgan fingerprint density at radius 3 is 2.17 bits per heavy atom. The fourth-order valence-electron chi connectivity index (χ4n) is 10.4. The minimum Gasteiger partial charge on any atom is -0.491 e. The van der Waals surface area contributed by atoms with Crippen molar-refractivity contribution in [2.75, 3.05) is 25.2 Å². The van der Waals surface area contributed by atoms with E-state index in [9.17, 15) is 24.6 Å². The van der Waals surface area contributed by atoms with E-state index in [-0.39, 0.29) is 30.2 Å². The summed E-state index contributed by atoms with van der Waals surface area (Å²) >= 11 is 0. The van der Waals surface area contributed by atoms with E-state index >= 15 is 9.59 Å². The summed E-state index contributed by atoms with van der Waals surface area (Å²) in [6.07, 6.45) is 3.56. The van der Waals surface area contributed by atoms with Crippen molar-refractivity contribution in [3.8, 4) is 17.6 Å². The van der Waals surface area contributed by atoms with E-state index in [1.54, 1.807) is 56.3 Å². The minimum absolute atomic E-state index is 0.0627. The molecule has 0 radical (unpaired) electrons. The van der Waals surface area contributed by atoms with E-state index in [4.69, 9.17) is 19.9 Å². The number of anilines is 1. The molecule has 0 aromatic heterocycles. The molecule has 4 aliphatic rings. The zero-order valence-corrected chi connectivity index (χ0v) is 36.6. The number of nitrogens with two attached hydrogens (primary N) is 1. The molecule has 1 saturated carbocycles. The Kier molecular flexibility index (Phi) is 12.8. The number of para-hydroxylation sites is 1. The lowest BCUT2D eigenvalue weighted by Crippen LogP contribution is -2.57. The van der Waals surface area contributed by atoms with Gasteiger partial charge in [-0.1, -0.05) is 117 Å². The molecule has 3 aliphatic heterocycles. The number of ether oxygens (including phenoxy) is 3. The Bertz CT molecular complexity index is 2510. The van der Waals surface area contributed by atoms with Crippen molar-refractivity contribution >= 4 is 35.5 Å². The van der Waals surface area contributed by atoms with Gasteiger partial charge in [0, 0.05) is 11.1 Å². The molecule has 4 aromatic rings. The number of methoxy groups -OCH3 is 1. The lowest BCUT2D eigenvalue weighted by Gasteiger charge is -2.46. The van der Waals surface area contributed by atoms with Crippen LogP contribution in [-0.4, -0.2) is 82.9 Å². The summed E-state index contributed by atoms with van der Waals surface area (Å²) in [6.45, 7) is 2.94. The van der Waals surface area contributed by atoms with Gasteiger partial charge in [-0.3, -0.25) is 19.3 Å². The predicted octanol–water partition coefficient (Wildman–Crippen LogP) is 5.55. The van der Waals surface area contributed by atoms with Crippen LogP contribution in [0.2, 0.25) is 0 Å². The van der Waals surface area contributed by atoms with Crippen molar-refractivity contribution < 1.29 is 48.4 Å². The first-order chi connectivity index (χ1) is 31.4. The van der Waals surface area contributed by atoms with Gasteiger partial charge in [0.2, 0.25) is 11.8 Å². The van der Waals surface area contributed by atoms with Crippen LogP contribution in [0.5, 0.6) is 5.75 Å². The minimum atomic E-state index is -2.19. The van der Waals surface area contributed by atoms with Crippen LogP contribution >= 0.6 is 0 Å². The molecule has 5 N–H and O–H groups in total. The maximum absolute atomic E-state index is 16.3. The molecule has 1 spiro atoms. The molecule has 7 atom stereocenters. The van der Waals surface area contributed by atoms with Crippen LogP contribution in [0.25, 0.3) is 0 Å². The molecule has 14 heteroatoms. The molecule has 8 rings (SSSR count). The number of aliphatic hydroxyl groups is 2. The summed E-state index contributed by atoms with van der Waals surface area (Å²) in [7, 11) is 1.20. The molecule has 3 fully saturated rings. The fourth-order valence-corrected chi connectivity index (χ4v) is 10.4. The van der Waals surface area contributed by atoms with Gasteiger partial charge in [-0.05, 0) is 72.6 Å². The molecule has 14 nitrogen and oxygen atoms in total. The van der Waals surface area contributed by atoms with Crippen molar-refractivity contribution in [1.82, 2.24) is 10.2 Å². The lowest BCUT2D eigenvalue weighted by molar-refractivity contribution is -0.178. The molecule has 0 bridgehead atoms. The first-order valence-electron chi connectivity index (χ1n) is 22.2. The van der Waals surface area contributed by atoms with E-state index in [2.05, 4.69) is 17.2 Å². The highest BCUT2D eigenvalue weighted by molar-refractivity contribution is 6.25. The van der Waals surface area contributed by atoms with Crippen LogP contribution in [0.1, 0.15) is 98.4 Å². The number of imide groups is 1. The summed E-state index contributed by atoms with van der Waals surface area (Å²) < 4.78 is 17.7. The molecular weight excluding hydrogens is 829 g/mol. The third kappa shape index (κ3) is 8.02. The molecule has 4 aromatic carbocycles. The number of amides is 4. The predicted molar refractivity (Wildman–Crippen MR) is 239 cm³/mol. The van der Waals surface area contributed by atoms with E-state index in [1.165, 1.54) is 7.11 Å². The second-order valence-electron chi connectivity index (χ2n) is 17.5. The molecule has 4 amide bonds. The van der Waals surface area contributed by atoms with Gasteiger partial charge in [0.25, 0.3) is 0 Å². The number of carbonyl (C=O) groups is 5. The summed E-state index contributed by atoms with van der Waals surface area (Å²) in [5, 5.41) is 24.3. The number of nitrogens with one attached hydrogen (secondary N) is 1. The van der Waals surface area contributed by atoms with Gasteiger partial charge in [0.05, 0.1) is 37.4 Å².